The number of carbonyl (C=O) groups is 1. The maximum absolute atomic E-state index is 13.2. The van der Waals surface area contributed by atoms with Crippen LogP contribution in [0.1, 0.15) is 34.5 Å². The van der Waals surface area contributed by atoms with Gasteiger partial charge in [-0.3, -0.25) is 4.98 Å². The minimum absolute atomic E-state index is 0.344. The summed E-state index contributed by atoms with van der Waals surface area (Å²) in [5, 5.41) is 2.77. The van der Waals surface area contributed by atoms with Crippen molar-refractivity contribution in [3.05, 3.63) is 101 Å². The number of nitrogens with zero attached hydrogens (tertiary/aromatic N) is 1. The summed E-state index contributed by atoms with van der Waals surface area (Å²) in [5.74, 6) is 5.86. The van der Waals surface area contributed by atoms with Gasteiger partial charge in [0.1, 0.15) is 11.9 Å². The van der Waals surface area contributed by atoms with Crippen molar-refractivity contribution in [1.29, 1.82) is 0 Å². The molecule has 1 aliphatic heterocycles. The third kappa shape index (κ3) is 3.80. The van der Waals surface area contributed by atoms with Gasteiger partial charge in [0.2, 0.25) is 0 Å². The third-order valence-electron chi connectivity index (χ3n) is 4.23. The van der Waals surface area contributed by atoms with Crippen LogP contribution in [0.3, 0.4) is 0 Å². The van der Waals surface area contributed by atoms with Crippen molar-refractivity contribution in [2.45, 2.75) is 12.1 Å². The van der Waals surface area contributed by atoms with E-state index in [1.807, 2.05) is 42.5 Å². The number of alkyl carbamates (subject to hydrolysis) is 1. The summed E-state index contributed by atoms with van der Waals surface area (Å²) in [5.41, 5.74) is 3.03. The zero-order valence-electron chi connectivity index (χ0n) is 14.2. The van der Waals surface area contributed by atoms with Crippen molar-refractivity contribution in [2.24, 2.45) is 0 Å². The normalized spacial score (nSPS) is 18.2. The topological polar surface area (TPSA) is 51.2 Å². The third-order valence-corrected chi connectivity index (χ3v) is 4.23. The second kappa shape index (κ2) is 7.30. The molecule has 2 aromatic carbocycles. The summed E-state index contributed by atoms with van der Waals surface area (Å²) in [7, 11) is 0. The van der Waals surface area contributed by atoms with E-state index in [0.29, 0.717) is 11.3 Å². The Morgan fingerprint density at radius 1 is 0.963 bits per heavy atom. The highest BCUT2D eigenvalue weighted by Gasteiger charge is 2.37. The number of amides is 1. The molecule has 0 bridgehead atoms. The number of aromatic nitrogens is 1. The molecule has 1 fully saturated rings. The Morgan fingerprint density at radius 2 is 1.70 bits per heavy atom. The molecule has 0 spiro atoms. The van der Waals surface area contributed by atoms with Gasteiger partial charge in [0.15, 0.2) is 6.10 Å². The van der Waals surface area contributed by atoms with Crippen molar-refractivity contribution < 1.29 is 13.9 Å². The second-order valence-electron chi connectivity index (χ2n) is 6.08. The van der Waals surface area contributed by atoms with Crippen LogP contribution in [0.15, 0.2) is 72.9 Å². The van der Waals surface area contributed by atoms with Crippen LogP contribution in [0, 0.1) is 17.7 Å². The SMILES string of the molecule is O=C1N[C@@H](c2cc(C#Cc3ccccc3)ccn2)[C@H](c2ccc(F)cc2)O1. The van der Waals surface area contributed by atoms with E-state index in [9.17, 15) is 9.18 Å². The first-order valence-corrected chi connectivity index (χ1v) is 8.45. The van der Waals surface area contributed by atoms with Crippen LogP contribution in [-0.2, 0) is 4.74 Å². The molecule has 2 heterocycles. The Hall–Kier alpha value is -3.65. The van der Waals surface area contributed by atoms with E-state index in [4.69, 9.17) is 4.74 Å². The Morgan fingerprint density at radius 3 is 2.48 bits per heavy atom. The molecule has 0 saturated carbocycles. The smallest absolute Gasteiger partial charge is 0.408 e. The van der Waals surface area contributed by atoms with Crippen LogP contribution in [0.4, 0.5) is 9.18 Å². The van der Waals surface area contributed by atoms with Gasteiger partial charge in [-0.25, -0.2) is 9.18 Å². The molecule has 0 aliphatic carbocycles. The van der Waals surface area contributed by atoms with Gasteiger partial charge in [-0.2, -0.15) is 0 Å². The highest BCUT2D eigenvalue weighted by atomic mass is 19.1. The van der Waals surface area contributed by atoms with Crippen LogP contribution >= 0.6 is 0 Å². The number of rotatable bonds is 2. The maximum atomic E-state index is 13.2. The van der Waals surface area contributed by atoms with Gasteiger partial charge in [-0.1, -0.05) is 42.2 Å². The minimum Gasteiger partial charge on any atom is -0.439 e. The molecule has 3 aromatic rings. The lowest BCUT2D eigenvalue weighted by molar-refractivity contribution is 0.132. The Balaban J connectivity index is 1.63. The highest BCUT2D eigenvalue weighted by molar-refractivity contribution is 5.71. The average Bonchev–Trinajstić information content (AvgIpc) is 3.10. The van der Waals surface area contributed by atoms with Gasteiger partial charge in [-0.05, 0) is 42.0 Å². The fourth-order valence-corrected chi connectivity index (χ4v) is 2.92. The Kier molecular flexibility index (Phi) is 4.54. The number of cyclic esters (lactones) is 1. The molecular formula is C22H15FN2O2. The second-order valence-corrected chi connectivity index (χ2v) is 6.08. The maximum Gasteiger partial charge on any atom is 0.408 e. The lowest BCUT2D eigenvalue weighted by atomic mass is 9.99. The Bertz CT molecular complexity index is 1020. The molecule has 0 radical (unpaired) electrons. The average molecular weight is 358 g/mol. The van der Waals surface area contributed by atoms with Gasteiger partial charge in [-0.15, -0.1) is 0 Å². The first-order chi connectivity index (χ1) is 13.2. The quantitative estimate of drug-likeness (QED) is 0.701. The first kappa shape index (κ1) is 16.8. The number of halogens is 1. The van der Waals surface area contributed by atoms with E-state index in [2.05, 4.69) is 22.1 Å². The number of pyridine rings is 1. The van der Waals surface area contributed by atoms with Gasteiger partial charge in [0.25, 0.3) is 0 Å². The number of hydrogen-bond acceptors (Lipinski definition) is 3. The summed E-state index contributed by atoms with van der Waals surface area (Å²) in [6.07, 6.45) is 0.538. The number of ether oxygens (including phenoxy) is 1. The molecule has 1 aromatic heterocycles. The fraction of sp³-hybridized carbons (Fsp3) is 0.0909. The van der Waals surface area contributed by atoms with Crippen LogP contribution < -0.4 is 5.32 Å². The molecule has 5 heteroatoms. The zero-order chi connectivity index (χ0) is 18.6. The molecule has 0 unspecified atom stereocenters. The molecular weight excluding hydrogens is 343 g/mol. The molecule has 1 saturated heterocycles. The van der Waals surface area contributed by atoms with Crippen LogP contribution in [-0.4, -0.2) is 11.1 Å². The van der Waals surface area contributed by atoms with Gasteiger partial charge >= 0.3 is 6.09 Å². The molecule has 132 valence electrons. The van der Waals surface area contributed by atoms with Gasteiger partial charge in [0.05, 0.1) is 5.69 Å². The lowest BCUT2D eigenvalue weighted by Crippen LogP contribution is -2.20. The van der Waals surface area contributed by atoms with E-state index in [0.717, 1.165) is 11.1 Å². The van der Waals surface area contributed by atoms with E-state index in [1.54, 1.807) is 18.3 Å². The van der Waals surface area contributed by atoms with Crippen molar-refractivity contribution in [3.63, 3.8) is 0 Å². The molecule has 1 aliphatic rings. The molecule has 2 atom stereocenters. The summed E-state index contributed by atoms with van der Waals surface area (Å²) in [6, 6.07) is 18.7. The fourth-order valence-electron chi connectivity index (χ4n) is 2.92. The predicted molar refractivity (Wildman–Crippen MR) is 98.2 cm³/mol. The lowest BCUT2D eigenvalue weighted by Gasteiger charge is -2.17. The number of benzene rings is 2. The van der Waals surface area contributed by atoms with E-state index in [-0.39, 0.29) is 5.82 Å². The zero-order valence-corrected chi connectivity index (χ0v) is 14.2. The molecule has 4 nitrogen and oxygen atoms in total. The minimum atomic E-state index is -0.581. The van der Waals surface area contributed by atoms with E-state index >= 15 is 0 Å². The molecule has 1 amide bonds. The van der Waals surface area contributed by atoms with Crippen LogP contribution in [0.25, 0.3) is 0 Å². The number of nitrogens with one attached hydrogen (secondary N) is 1. The van der Waals surface area contributed by atoms with Gasteiger partial charge in [0, 0.05) is 17.3 Å². The largest absolute Gasteiger partial charge is 0.439 e. The van der Waals surface area contributed by atoms with Crippen molar-refractivity contribution in [1.82, 2.24) is 10.3 Å². The summed E-state index contributed by atoms with van der Waals surface area (Å²) in [6.45, 7) is 0. The van der Waals surface area contributed by atoms with Crippen molar-refractivity contribution in [2.75, 3.05) is 0 Å². The monoisotopic (exact) mass is 358 g/mol. The highest BCUT2D eigenvalue weighted by Crippen LogP contribution is 2.35. The van der Waals surface area contributed by atoms with E-state index < -0.39 is 18.2 Å². The molecule has 27 heavy (non-hydrogen) atoms. The first-order valence-electron chi connectivity index (χ1n) is 8.45. The number of hydrogen-bond donors (Lipinski definition) is 1. The van der Waals surface area contributed by atoms with Crippen LogP contribution in [0.5, 0.6) is 0 Å². The molecule has 1 N–H and O–H groups in total. The van der Waals surface area contributed by atoms with E-state index in [1.165, 1.54) is 12.1 Å². The van der Waals surface area contributed by atoms with Gasteiger partial charge < -0.3 is 10.1 Å². The standard InChI is InChI=1S/C22H15FN2O2/c23-18-10-8-17(9-11-18)21-20(25-22(26)27-21)19-14-16(12-13-24-19)7-6-15-4-2-1-3-5-15/h1-5,8-14,20-21H,(H,25,26)/t20-,21-/m0/s1. The summed E-state index contributed by atoms with van der Waals surface area (Å²) in [4.78, 5) is 16.2. The van der Waals surface area contributed by atoms with Crippen molar-refractivity contribution in [3.8, 4) is 11.8 Å². The van der Waals surface area contributed by atoms with Crippen molar-refractivity contribution >= 4 is 6.09 Å². The summed E-state index contributed by atoms with van der Waals surface area (Å²) >= 11 is 0. The predicted octanol–water partition coefficient (Wildman–Crippen LogP) is 4.14. The van der Waals surface area contributed by atoms with Crippen LogP contribution in [0.2, 0.25) is 0 Å². The molecule has 4 rings (SSSR count). The number of carbonyl (C=O) groups excluding carboxylic acids is 1. The summed E-state index contributed by atoms with van der Waals surface area (Å²) < 4.78 is 18.6. The Labute approximate surface area is 156 Å².